The number of halogens is 1. The summed E-state index contributed by atoms with van der Waals surface area (Å²) >= 11 is 3.38. The van der Waals surface area contributed by atoms with E-state index in [1.807, 2.05) is 29.8 Å². The van der Waals surface area contributed by atoms with Crippen molar-refractivity contribution in [3.63, 3.8) is 0 Å². The smallest absolute Gasteiger partial charge is 0.111 e. The quantitative estimate of drug-likeness (QED) is 0.853. The van der Waals surface area contributed by atoms with E-state index in [0.29, 0.717) is 12.1 Å². The lowest BCUT2D eigenvalue weighted by atomic mass is 10.0. The Labute approximate surface area is 115 Å². The van der Waals surface area contributed by atoms with Gasteiger partial charge in [-0.2, -0.15) is 0 Å². The zero-order valence-electron chi connectivity index (χ0n) is 10.2. The number of benzene rings is 1. The van der Waals surface area contributed by atoms with Gasteiger partial charge in [0.2, 0.25) is 0 Å². The summed E-state index contributed by atoms with van der Waals surface area (Å²) in [6.07, 6.45) is 3.47. The Balaban J connectivity index is 2.21. The summed E-state index contributed by atoms with van der Waals surface area (Å²) in [4.78, 5) is 4.26. The molecule has 1 heterocycles. The average molecular weight is 310 g/mol. The van der Waals surface area contributed by atoms with E-state index < -0.39 is 6.10 Å². The van der Waals surface area contributed by atoms with Crippen LogP contribution in [0.1, 0.15) is 24.4 Å². The minimum atomic E-state index is -0.643. The lowest BCUT2D eigenvalue weighted by molar-refractivity contribution is 0.175. The molecule has 2 rings (SSSR count). The van der Waals surface area contributed by atoms with Gasteiger partial charge in [0, 0.05) is 41.1 Å². The van der Waals surface area contributed by atoms with E-state index in [9.17, 15) is 5.11 Å². The third kappa shape index (κ3) is 2.73. The zero-order chi connectivity index (χ0) is 13.1. The molecule has 0 radical (unpaired) electrons. The van der Waals surface area contributed by atoms with Crippen LogP contribution in [0.5, 0.6) is 0 Å². The molecule has 4 nitrogen and oxygen atoms in total. The number of aliphatic hydroxyl groups excluding tert-OH is 1. The van der Waals surface area contributed by atoms with E-state index in [4.69, 9.17) is 5.73 Å². The van der Waals surface area contributed by atoms with Crippen LogP contribution >= 0.6 is 15.9 Å². The molecule has 1 aromatic carbocycles. The molecule has 0 aliphatic heterocycles. The highest BCUT2D eigenvalue weighted by Crippen LogP contribution is 2.26. The van der Waals surface area contributed by atoms with Gasteiger partial charge in [0.1, 0.15) is 5.82 Å². The van der Waals surface area contributed by atoms with Gasteiger partial charge in [0.05, 0.1) is 6.10 Å². The lowest BCUT2D eigenvalue weighted by Crippen LogP contribution is -2.10. The molecule has 18 heavy (non-hydrogen) atoms. The molecule has 2 aromatic rings. The predicted molar refractivity (Wildman–Crippen MR) is 75.1 cm³/mol. The van der Waals surface area contributed by atoms with Crippen LogP contribution in [-0.2, 0) is 13.0 Å². The summed E-state index contributed by atoms with van der Waals surface area (Å²) in [7, 11) is 0. The highest BCUT2D eigenvalue weighted by Gasteiger charge is 2.15. The molecular formula is C13H16BrN3O. The molecule has 0 spiro atoms. The molecule has 1 aromatic heterocycles. The van der Waals surface area contributed by atoms with Gasteiger partial charge in [0.15, 0.2) is 0 Å². The monoisotopic (exact) mass is 309 g/mol. The minimum absolute atomic E-state index is 0.460. The number of imidazole rings is 1. The summed E-state index contributed by atoms with van der Waals surface area (Å²) in [5.74, 6) is 0.865. The van der Waals surface area contributed by atoms with Crippen LogP contribution in [0.2, 0.25) is 0 Å². The largest absolute Gasteiger partial charge is 0.398 e. The molecule has 1 unspecified atom stereocenters. The zero-order valence-corrected chi connectivity index (χ0v) is 11.8. The van der Waals surface area contributed by atoms with Crippen LogP contribution in [0.3, 0.4) is 0 Å². The average Bonchev–Trinajstić information content (AvgIpc) is 2.79. The second-order valence-corrected chi connectivity index (χ2v) is 5.04. The van der Waals surface area contributed by atoms with Crippen molar-refractivity contribution in [1.29, 1.82) is 0 Å². The van der Waals surface area contributed by atoms with Gasteiger partial charge in [0.25, 0.3) is 0 Å². The fourth-order valence-corrected chi connectivity index (χ4v) is 2.31. The number of aliphatic hydroxyl groups is 1. The van der Waals surface area contributed by atoms with Crippen LogP contribution in [0.4, 0.5) is 5.69 Å². The van der Waals surface area contributed by atoms with Gasteiger partial charge >= 0.3 is 0 Å². The molecule has 96 valence electrons. The number of hydrogen-bond donors (Lipinski definition) is 2. The van der Waals surface area contributed by atoms with Crippen molar-refractivity contribution in [2.75, 3.05) is 5.73 Å². The maximum atomic E-state index is 10.3. The molecule has 3 N–H and O–H groups in total. The number of aromatic nitrogens is 2. The molecule has 0 amide bonds. The molecule has 0 fully saturated rings. The van der Waals surface area contributed by atoms with E-state index in [2.05, 4.69) is 20.9 Å². The minimum Gasteiger partial charge on any atom is -0.398 e. The number of nitrogen functional groups attached to an aromatic ring is 1. The van der Waals surface area contributed by atoms with Gasteiger partial charge in [-0.25, -0.2) is 4.98 Å². The van der Waals surface area contributed by atoms with E-state index in [1.54, 1.807) is 12.3 Å². The normalized spacial score (nSPS) is 12.6. The maximum Gasteiger partial charge on any atom is 0.111 e. The van der Waals surface area contributed by atoms with Crippen molar-refractivity contribution in [3.05, 3.63) is 46.5 Å². The molecule has 5 heteroatoms. The summed E-state index contributed by atoms with van der Waals surface area (Å²) in [5.41, 5.74) is 7.21. The van der Waals surface area contributed by atoms with Gasteiger partial charge in [-0.1, -0.05) is 15.9 Å². The van der Waals surface area contributed by atoms with Crippen LogP contribution in [-0.4, -0.2) is 14.7 Å². The first-order valence-electron chi connectivity index (χ1n) is 5.84. The van der Waals surface area contributed by atoms with Gasteiger partial charge < -0.3 is 15.4 Å². The number of anilines is 1. The second kappa shape index (κ2) is 5.54. The summed E-state index contributed by atoms with van der Waals surface area (Å²) in [6.45, 7) is 2.89. The van der Waals surface area contributed by atoms with Crippen LogP contribution in [0.25, 0.3) is 0 Å². The third-order valence-electron chi connectivity index (χ3n) is 2.93. The number of rotatable bonds is 4. The molecule has 0 saturated heterocycles. The second-order valence-electron chi connectivity index (χ2n) is 4.12. The SMILES string of the molecule is CCn1ccnc1CC(O)c1cc(Br)ccc1N. The topological polar surface area (TPSA) is 64.1 Å². The molecule has 0 aliphatic rings. The van der Waals surface area contributed by atoms with Gasteiger partial charge in [-0.05, 0) is 25.1 Å². The molecule has 1 atom stereocenters. The van der Waals surface area contributed by atoms with Crippen molar-refractivity contribution in [2.45, 2.75) is 26.0 Å². The highest BCUT2D eigenvalue weighted by atomic mass is 79.9. The fourth-order valence-electron chi connectivity index (χ4n) is 1.94. The van der Waals surface area contributed by atoms with Crippen LogP contribution in [0, 0.1) is 0 Å². The summed E-state index contributed by atoms with van der Waals surface area (Å²) in [6, 6.07) is 5.49. The first-order chi connectivity index (χ1) is 8.61. The number of hydrogen-bond acceptors (Lipinski definition) is 3. The number of nitrogens with two attached hydrogens (primary N) is 1. The number of aryl methyl sites for hydroxylation is 1. The van der Waals surface area contributed by atoms with E-state index in [1.165, 1.54) is 0 Å². The molecule has 0 saturated carbocycles. The Bertz CT molecular complexity index is 539. The Morgan fingerprint density at radius 1 is 1.50 bits per heavy atom. The van der Waals surface area contributed by atoms with Gasteiger partial charge in [-0.15, -0.1) is 0 Å². The summed E-state index contributed by atoms with van der Waals surface area (Å²) in [5, 5.41) is 10.3. The predicted octanol–water partition coefficient (Wildman–Crippen LogP) is 2.52. The lowest BCUT2D eigenvalue weighted by Gasteiger charge is -2.14. The molecule has 0 aliphatic carbocycles. The van der Waals surface area contributed by atoms with Crippen LogP contribution in [0.15, 0.2) is 35.1 Å². The first-order valence-corrected chi connectivity index (χ1v) is 6.64. The Hall–Kier alpha value is -1.33. The van der Waals surface area contributed by atoms with Gasteiger partial charge in [-0.3, -0.25) is 0 Å². The maximum absolute atomic E-state index is 10.3. The van der Waals surface area contributed by atoms with E-state index in [-0.39, 0.29) is 0 Å². The fraction of sp³-hybridized carbons (Fsp3) is 0.308. The first kappa shape index (κ1) is 13.1. The Morgan fingerprint density at radius 3 is 3.00 bits per heavy atom. The Morgan fingerprint density at radius 2 is 2.28 bits per heavy atom. The molecular weight excluding hydrogens is 294 g/mol. The Kier molecular flexibility index (Phi) is 4.04. The van der Waals surface area contributed by atoms with E-state index in [0.717, 1.165) is 22.4 Å². The summed E-state index contributed by atoms with van der Waals surface area (Å²) < 4.78 is 2.92. The van der Waals surface area contributed by atoms with Crippen molar-refractivity contribution < 1.29 is 5.11 Å². The highest BCUT2D eigenvalue weighted by molar-refractivity contribution is 9.10. The van der Waals surface area contributed by atoms with E-state index >= 15 is 0 Å². The molecule has 0 bridgehead atoms. The third-order valence-corrected chi connectivity index (χ3v) is 3.42. The number of nitrogens with zero attached hydrogens (tertiary/aromatic N) is 2. The van der Waals surface area contributed by atoms with Crippen molar-refractivity contribution in [2.24, 2.45) is 0 Å². The standard InChI is InChI=1S/C13H16BrN3O/c1-2-17-6-5-16-13(17)8-12(18)10-7-9(14)3-4-11(10)15/h3-7,12,18H,2,8,15H2,1H3. The van der Waals surface area contributed by atoms with Crippen LogP contribution < -0.4 is 5.73 Å². The van der Waals surface area contributed by atoms with Crippen molar-refractivity contribution >= 4 is 21.6 Å². The van der Waals surface area contributed by atoms with Crippen molar-refractivity contribution in [3.8, 4) is 0 Å². The van der Waals surface area contributed by atoms with Crippen molar-refractivity contribution in [1.82, 2.24) is 9.55 Å².